The van der Waals surface area contributed by atoms with Gasteiger partial charge in [-0.15, -0.1) is 0 Å². The van der Waals surface area contributed by atoms with Gasteiger partial charge in [-0.3, -0.25) is 9.59 Å². The number of benzene rings is 2. The van der Waals surface area contributed by atoms with Crippen LogP contribution in [0.25, 0.3) is 10.9 Å². The van der Waals surface area contributed by atoms with E-state index >= 15 is 0 Å². The molecule has 4 heteroatoms. The number of ether oxygens (including phenoxy) is 1. The van der Waals surface area contributed by atoms with E-state index in [1.807, 2.05) is 69.3 Å². The molecule has 1 atom stereocenters. The number of hydrogen-bond donors (Lipinski definition) is 0. The maximum atomic E-state index is 13.2. The molecular weight excluding hydrogens is 386 g/mol. The first-order valence-electron chi connectivity index (χ1n) is 11.2. The van der Waals surface area contributed by atoms with Gasteiger partial charge in [-0.05, 0) is 68.2 Å². The monoisotopic (exact) mass is 417 g/mol. The van der Waals surface area contributed by atoms with E-state index in [-0.39, 0.29) is 17.4 Å². The number of carbonyl (C=O) groups excluding carboxylic acids is 1. The van der Waals surface area contributed by atoms with Crippen molar-refractivity contribution in [1.82, 2.24) is 4.57 Å². The predicted molar refractivity (Wildman–Crippen MR) is 124 cm³/mol. The Kier molecular flexibility index (Phi) is 5.99. The lowest BCUT2D eigenvalue weighted by molar-refractivity contribution is -0.158. The zero-order valence-corrected chi connectivity index (χ0v) is 18.6. The Hall–Kier alpha value is -2.88. The predicted octanol–water partition coefficient (Wildman–Crippen LogP) is 5.67. The van der Waals surface area contributed by atoms with E-state index in [2.05, 4.69) is 6.07 Å². The van der Waals surface area contributed by atoms with Gasteiger partial charge in [-0.25, -0.2) is 0 Å². The number of para-hydroxylation sites is 1. The minimum absolute atomic E-state index is 0.0245. The molecule has 1 saturated carbocycles. The smallest absolute Gasteiger partial charge is 0.314 e. The highest BCUT2D eigenvalue weighted by Crippen LogP contribution is 2.39. The van der Waals surface area contributed by atoms with E-state index in [9.17, 15) is 9.59 Å². The minimum Gasteiger partial charge on any atom is -0.459 e. The lowest BCUT2D eigenvalue weighted by atomic mass is 9.84. The minimum atomic E-state index is -0.512. The summed E-state index contributed by atoms with van der Waals surface area (Å²) in [5.41, 5.74) is 2.39. The second kappa shape index (κ2) is 8.70. The number of carbonyl (C=O) groups is 1. The van der Waals surface area contributed by atoms with Gasteiger partial charge in [0.05, 0.1) is 18.0 Å². The van der Waals surface area contributed by atoms with Crippen LogP contribution in [0.15, 0.2) is 65.5 Å². The molecule has 4 nitrogen and oxygen atoms in total. The van der Waals surface area contributed by atoms with Gasteiger partial charge in [0.1, 0.15) is 5.60 Å². The second-order valence-corrected chi connectivity index (χ2v) is 9.62. The number of nitrogens with zero attached hydrogens (tertiary/aromatic N) is 1. The van der Waals surface area contributed by atoms with E-state index in [4.69, 9.17) is 4.74 Å². The molecule has 0 bridgehead atoms. The van der Waals surface area contributed by atoms with Gasteiger partial charge >= 0.3 is 5.97 Å². The third-order valence-electron chi connectivity index (χ3n) is 6.08. The standard InChI is InChI=1S/C27H31NO3/c1-27(2,3)31-26(30)25(21-11-4-5-12-21)22-13-8-9-19(17-22)18-28-23-14-7-6-10-20(23)15-16-24(28)29/h6-10,13-17,21,25H,4-5,11-12,18H2,1-3H3. The summed E-state index contributed by atoms with van der Waals surface area (Å²) in [7, 11) is 0. The molecule has 31 heavy (non-hydrogen) atoms. The number of fused-ring (bicyclic) bond motifs is 1. The first-order valence-corrected chi connectivity index (χ1v) is 11.2. The number of esters is 1. The molecule has 2 aromatic carbocycles. The van der Waals surface area contributed by atoms with Crippen molar-refractivity contribution in [2.45, 2.75) is 64.5 Å². The average molecular weight is 418 g/mol. The Morgan fingerprint density at radius 3 is 2.52 bits per heavy atom. The SMILES string of the molecule is CC(C)(C)OC(=O)C(c1cccc(Cn2c(=O)ccc3ccccc32)c1)C1CCCC1. The summed E-state index contributed by atoms with van der Waals surface area (Å²) in [6.07, 6.45) is 4.43. The molecule has 1 aromatic heterocycles. The van der Waals surface area contributed by atoms with Crippen LogP contribution in [0.3, 0.4) is 0 Å². The molecule has 0 amide bonds. The summed E-state index contributed by atoms with van der Waals surface area (Å²) in [4.78, 5) is 25.8. The van der Waals surface area contributed by atoms with E-state index in [0.29, 0.717) is 12.5 Å². The van der Waals surface area contributed by atoms with Gasteiger partial charge in [0.25, 0.3) is 5.56 Å². The highest BCUT2D eigenvalue weighted by molar-refractivity contribution is 5.80. The first-order chi connectivity index (χ1) is 14.8. The normalized spacial score (nSPS) is 15.8. The van der Waals surface area contributed by atoms with E-state index in [1.165, 1.54) is 0 Å². The van der Waals surface area contributed by atoms with Crippen molar-refractivity contribution in [3.05, 3.63) is 82.1 Å². The van der Waals surface area contributed by atoms with Gasteiger partial charge in [0, 0.05) is 6.07 Å². The zero-order chi connectivity index (χ0) is 22.0. The summed E-state index contributed by atoms with van der Waals surface area (Å²) < 4.78 is 7.61. The zero-order valence-electron chi connectivity index (χ0n) is 18.6. The second-order valence-electron chi connectivity index (χ2n) is 9.62. The van der Waals surface area contributed by atoms with Crippen LogP contribution >= 0.6 is 0 Å². The molecule has 0 saturated heterocycles. The first kappa shape index (κ1) is 21.4. The quantitative estimate of drug-likeness (QED) is 0.503. The van der Waals surface area contributed by atoms with Crippen molar-refractivity contribution in [3.63, 3.8) is 0 Å². The van der Waals surface area contributed by atoms with Crippen LogP contribution in [-0.4, -0.2) is 16.1 Å². The molecule has 0 radical (unpaired) electrons. The van der Waals surface area contributed by atoms with Gasteiger partial charge in [0.15, 0.2) is 0 Å². The van der Waals surface area contributed by atoms with Crippen LogP contribution < -0.4 is 5.56 Å². The van der Waals surface area contributed by atoms with Crippen molar-refractivity contribution in [1.29, 1.82) is 0 Å². The van der Waals surface area contributed by atoms with Crippen molar-refractivity contribution in [2.75, 3.05) is 0 Å². The molecule has 0 aliphatic heterocycles. The van der Waals surface area contributed by atoms with Crippen molar-refractivity contribution in [3.8, 4) is 0 Å². The lowest BCUT2D eigenvalue weighted by Gasteiger charge is -2.28. The Morgan fingerprint density at radius 2 is 1.77 bits per heavy atom. The van der Waals surface area contributed by atoms with Crippen LogP contribution in [0.1, 0.15) is 63.5 Å². The number of aromatic nitrogens is 1. The summed E-state index contributed by atoms with van der Waals surface area (Å²) in [6.45, 7) is 6.22. The number of hydrogen-bond acceptors (Lipinski definition) is 3. The van der Waals surface area contributed by atoms with Gasteiger partial charge < -0.3 is 9.30 Å². The van der Waals surface area contributed by atoms with Crippen LogP contribution in [0.5, 0.6) is 0 Å². The molecule has 0 N–H and O–H groups in total. The Labute approximate surface area is 183 Å². The number of rotatable bonds is 5. The molecule has 1 aliphatic carbocycles. The Balaban J connectivity index is 1.69. The van der Waals surface area contributed by atoms with Crippen LogP contribution in [0, 0.1) is 5.92 Å². The van der Waals surface area contributed by atoms with E-state index in [0.717, 1.165) is 47.7 Å². The summed E-state index contributed by atoms with van der Waals surface area (Å²) >= 11 is 0. The third kappa shape index (κ3) is 4.90. The number of pyridine rings is 1. The molecule has 4 rings (SSSR count). The third-order valence-corrected chi connectivity index (χ3v) is 6.08. The molecule has 0 spiro atoms. The molecule has 1 heterocycles. The highest BCUT2D eigenvalue weighted by atomic mass is 16.6. The molecule has 1 aliphatic rings. The van der Waals surface area contributed by atoms with Gasteiger partial charge in [-0.1, -0.05) is 55.3 Å². The summed E-state index contributed by atoms with van der Waals surface area (Å²) in [6, 6.07) is 19.5. The molecule has 162 valence electrons. The summed E-state index contributed by atoms with van der Waals surface area (Å²) in [5.74, 6) is -0.0878. The fourth-order valence-corrected chi connectivity index (χ4v) is 4.73. The lowest BCUT2D eigenvalue weighted by Crippen LogP contribution is -2.30. The van der Waals surface area contributed by atoms with E-state index in [1.54, 1.807) is 10.6 Å². The largest absolute Gasteiger partial charge is 0.459 e. The molecule has 3 aromatic rings. The maximum absolute atomic E-state index is 13.2. The van der Waals surface area contributed by atoms with Crippen LogP contribution in [0.2, 0.25) is 0 Å². The Bertz CT molecular complexity index is 1130. The van der Waals surface area contributed by atoms with Gasteiger partial charge in [-0.2, -0.15) is 0 Å². The fourth-order valence-electron chi connectivity index (χ4n) is 4.73. The average Bonchev–Trinajstić information content (AvgIpc) is 3.23. The van der Waals surface area contributed by atoms with E-state index < -0.39 is 5.60 Å². The Morgan fingerprint density at radius 1 is 1.03 bits per heavy atom. The maximum Gasteiger partial charge on any atom is 0.314 e. The topological polar surface area (TPSA) is 48.3 Å². The molecule has 1 unspecified atom stereocenters. The van der Waals surface area contributed by atoms with Crippen LogP contribution in [0.4, 0.5) is 0 Å². The molecule has 1 fully saturated rings. The summed E-state index contributed by atoms with van der Waals surface area (Å²) in [5, 5.41) is 1.04. The van der Waals surface area contributed by atoms with Gasteiger partial charge in [0.2, 0.25) is 0 Å². The van der Waals surface area contributed by atoms with Crippen molar-refractivity contribution < 1.29 is 9.53 Å². The van der Waals surface area contributed by atoms with Crippen LogP contribution in [-0.2, 0) is 16.1 Å². The fraction of sp³-hybridized carbons (Fsp3) is 0.407. The highest BCUT2D eigenvalue weighted by Gasteiger charge is 2.35. The van der Waals surface area contributed by atoms with Crippen molar-refractivity contribution >= 4 is 16.9 Å². The molecular formula is C27H31NO3. The van der Waals surface area contributed by atoms with Crippen molar-refractivity contribution in [2.24, 2.45) is 5.92 Å².